The van der Waals surface area contributed by atoms with Crippen molar-refractivity contribution >= 4 is 0 Å². The predicted octanol–water partition coefficient (Wildman–Crippen LogP) is 6.21. The van der Waals surface area contributed by atoms with E-state index in [0.717, 1.165) is 35.1 Å². The van der Waals surface area contributed by atoms with Gasteiger partial charge in [-0.2, -0.15) is 5.06 Å². The van der Waals surface area contributed by atoms with Gasteiger partial charge >= 0.3 is 0 Å². The van der Waals surface area contributed by atoms with Crippen molar-refractivity contribution in [2.45, 2.75) is 84.0 Å². The van der Waals surface area contributed by atoms with Gasteiger partial charge < -0.3 is 14.2 Å². The monoisotopic (exact) mass is 455 g/mol. The van der Waals surface area contributed by atoms with Gasteiger partial charge in [0.25, 0.3) is 0 Å². The van der Waals surface area contributed by atoms with E-state index in [1.165, 1.54) is 6.42 Å². The first kappa shape index (κ1) is 25.9. The zero-order chi connectivity index (χ0) is 23.9. The molecule has 0 bridgehead atoms. The number of piperidine rings is 1. The lowest BCUT2D eigenvalue weighted by molar-refractivity contribution is -0.313. The van der Waals surface area contributed by atoms with Gasteiger partial charge in [0, 0.05) is 25.3 Å². The molecule has 5 heteroatoms. The van der Waals surface area contributed by atoms with Crippen molar-refractivity contribution < 1.29 is 19.0 Å². The van der Waals surface area contributed by atoms with E-state index in [-0.39, 0.29) is 17.2 Å². The summed E-state index contributed by atoms with van der Waals surface area (Å²) in [5, 5.41) is 2.22. The molecule has 0 saturated carbocycles. The van der Waals surface area contributed by atoms with E-state index < -0.39 is 0 Å². The molecule has 2 aromatic rings. The van der Waals surface area contributed by atoms with Crippen LogP contribution in [0.2, 0.25) is 0 Å². The Morgan fingerprint density at radius 3 is 1.82 bits per heavy atom. The van der Waals surface area contributed by atoms with Gasteiger partial charge in [0.1, 0.15) is 6.10 Å². The average Bonchev–Trinajstić information content (AvgIpc) is 2.75. The lowest BCUT2D eigenvalue weighted by Crippen LogP contribution is -2.58. The summed E-state index contributed by atoms with van der Waals surface area (Å²) in [6.07, 6.45) is 3.28. The Labute approximate surface area is 199 Å². The smallest absolute Gasteiger partial charge is 0.128 e. The van der Waals surface area contributed by atoms with Gasteiger partial charge in [-0.1, -0.05) is 48.5 Å². The van der Waals surface area contributed by atoms with Gasteiger partial charge in [-0.3, -0.25) is 4.84 Å². The van der Waals surface area contributed by atoms with E-state index in [4.69, 9.17) is 19.0 Å². The molecule has 182 valence electrons. The van der Waals surface area contributed by atoms with E-state index in [0.29, 0.717) is 26.4 Å². The van der Waals surface area contributed by atoms with Gasteiger partial charge in [0.2, 0.25) is 0 Å². The highest BCUT2D eigenvalue weighted by Crippen LogP contribution is 2.40. The molecule has 1 saturated heterocycles. The maximum atomic E-state index is 6.74. The lowest BCUT2D eigenvalue weighted by Gasteiger charge is -2.52. The first-order valence-electron chi connectivity index (χ1n) is 11.9. The largest absolute Gasteiger partial charge is 0.380 e. The highest BCUT2D eigenvalue weighted by atomic mass is 16.7. The van der Waals surface area contributed by atoms with Gasteiger partial charge in [-0.15, -0.1) is 0 Å². The number of methoxy groups -OCH3 is 2. The first-order chi connectivity index (χ1) is 15.7. The second-order valence-electron chi connectivity index (χ2n) is 10.3. The topological polar surface area (TPSA) is 40.2 Å². The average molecular weight is 456 g/mol. The molecule has 2 aromatic carbocycles. The molecule has 1 heterocycles. The van der Waals surface area contributed by atoms with Crippen LogP contribution in [-0.4, -0.2) is 37.0 Å². The molecule has 0 N–H and O–H groups in total. The Balaban J connectivity index is 1.74. The van der Waals surface area contributed by atoms with Gasteiger partial charge in [0.15, 0.2) is 0 Å². The second-order valence-corrected chi connectivity index (χ2v) is 10.3. The molecule has 1 unspecified atom stereocenters. The van der Waals surface area contributed by atoms with Crippen LogP contribution in [0.25, 0.3) is 0 Å². The molecule has 0 amide bonds. The minimum Gasteiger partial charge on any atom is -0.380 e. The van der Waals surface area contributed by atoms with Crippen LogP contribution in [0, 0.1) is 0 Å². The summed E-state index contributed by atoms with van der Waals surface area (Å²) in [6, 6.07) is 16.8. The maximum Gasteiger partial charge on any atom is 0.128 e. The predicted molar refractivity (Wildman–Crippen MR) is 132 cm³/mol. The molecule has 5 nitrogen and oxygen atoms in total. The van der Waals surface area contributed by atoms with Crippen molar-refractivity contribution in [2.75, 3.05) is 20.8 Å². The molecule has 33 heavy (non-hydrogen) atoms. The van der Waals surface area contributed by atoms with Gasteiger partial charge in [-0.05, 0) is 69.2 Å². The molecule has 1 aliphatic heterocycles. The van der Waals surface area contributed by atoms with Crippen molar-refractivity contribution in [3.05, 3.63) is 70.8 Å². The molecule has 0 spiro atoms. The number of ether oxygens (including phenoxy) is 3. The molecular weight excluding hydrogens is 414 g/mol. The van der Waals surface area contributed by atoms with Crippen LogP contribution in [0.4, 0.5) is 0 Å². The standard InChI is InChI=1S/C28H41NO4/c1-27(2)13-10-14-28(3,4)29(27)33-26(25-11-8-7-9-12-25)21-32-20-24-16-22(18-30-5)15-23(17-24)19-31-6/h7-9,11-12,15-17,26H,10,13-14,18-21H2,1-6H3. The van der Waals surface area contributed by atoms with Crippen LogP contribution < -0.4 is 0 Å². The highest BCUT2D eigenvalue weighted by Gasteiger charge is 2.43. The number of hydrogen-bond acceptors (Lipinski definition) is 5. The van der Waals surface area contributed by atoms with E-state index >= 15 is 0 Å². The summed E-state index contributed by atoms with van der Waals surface area (Å²) < 4.78 is 16.9. The molecule has 1 aliphatic rings. The summed E-state index contributed by atoms with van der Waals surface area (Å²) >= 11 is 0. The van der Waals surface area contributed by atoms with Gasteiger partial charge in [0.05, 0.1) is 26.4 Å². The van der Waals surface area contributed by atoms with Crippen LogP contribution >= 0.6 is 0 Å². The Morgan fingerprint density at radius 1 is 0.788 bits per heavy atom. The second kappa shape index (κ2) is 11.6. The SMILES string of the molecule is COCc1cc(COC)cc(COCC(ON2C(C)(C)CCCC2(C)C)c2ccccc2)c1. The summed E-state index contributed by atoms with van der Waals surface area (Å²) in [7, 11) is 3.43. The third-order valence-corrected chi connectivity index (χ3v) is 6.35. The number of hydrogen-bond donors (Lipinski definition) is 0. The maximum absolute atomic E-state index is 6.74. The number of nitrogens with zero attached hydrogens (tertiary/aromatic N) is 1. The minimum atomic E-state index is -0.177. The molecule has 1 fully saturated rings. The summed E-state index contributed by atoms with van der Waals surface area (Å²) in [5.74, 6) is 0. The van der Waals surface area contributed by atoms with E-state index in [1.807, 2.05) is 6.07 Å². The summed E-state index contributed by atoms with van der Waals surface area (Å²) in [5.41, 5.74) is 4.43. The fourth-order valence-corrected chi connectivity index (χ4v) is 4.95. The van der Waals surface area contributed by atoms with Crippen molar-refractivity contribution in [3.8, 4) is 0 Å². The summed E-state index contributed by atoms with van der Waals surface area (Å²) in [4.78, 5) is 6.74. The Morgan fingerprint density at radius 2 is 1.30 bits per heavy atom. The van der Waals surface area contributed by atoms with E-state index in [2.05, 4.69) is 75.2 Å². The molecule has 1 atom stereocenters. The molecule has 3 rings (SSSR count). The van der Waals surface area contributed by atoms with Crippen LogP contribution in [0.3, 0.4) is 0 Å². The molecular formula is C28H41NO4. The van der Waals surface area contributed by atoms with Gasteiger partial charge in [-0.25, -0.2) is 0 Å². The zero-order valence-electron chi connectivity index (χ0n) is 21.2. The molecule has 0 aliphatic carbocycles. The van der Waals surface area contributed by atoms with Crippen LogP contribution in [0.5, 0.6) is 0 Å². The zero-order valence-corrected chi connectivity index (χ0v) is 21.2. The third-order valence-electron chi connectivity index (χ3n) is 6.35. The quantitative estimate of drug-likeness (QED) is 0.403. The lowest BCUT2D eigenvalue weighted by atomic mass is 9.82. The fraction of sp³-hybridized carbons (Fsp3) is 0.571. The number of hydroxylamine groups is 2. The Bertz CT molecular complexity index is 825. The van der Waals surface area contributed by atoms with Crippen molar-refractivity contribution in [2.24, 2.45) is 0 Å². The Kier molecular flexibility index (Phi) is 9.08. The van der Waals surface area contributed by atoms with Crippen LogP contribution in [-0.2, 0) is 38.9 Å². The van der Waals surface area contributed by atoms with Crippen molar-refractivity contribution in [3.63, 3.8) is 0 Å². The van der Waals surface area contributed by atoms with Crippen molar-refractivity contribution in [1.29, 1.82) is 0 Å². The Hall–Kier alpha value is -1.76. The van der Waals surface area contributed by atoms with Crippen LogP contribution in [0.1, 0.15) is 75.3 Å². The number of benzene rings is 2. The molecule has 0 radical (unpaired) electrons. The molecule has 0 aromatic heterocycles. The first-order valence-corrected chi connectivity index (χ1v) is 11.9. The van der Waals surface area contributed by atoms with Crippen LogP contribution in [0.15, 0.2) is 48.5 Å². The highest BCUT2D eigenvalue weighted by molar-refractivity contribution is 5.29. The normalized spacial score (nSPS) is 18.8. The summed E-state index contributed by atoms with van der Waals surface area (Å²) in [6.45, 7) is 11.2. The van der Waals surface area contributed by atoms with Crippen molar-refractivity contribution in [1.82, 2.24) is 5.06 Å². The fourth-order valence-electron chi connectivity index (χ4n) is 4.95. The van der Waals surface area contributed by atoms with E-state index in [1.54, 1.807) is 14.2 Å². The number of rotatable bonds is 11. The minimum absolute atomic E-state index is 0.0294. The van der Waals surface area contributed by atoms with E-state index in [9.17, 15) is 0 Å². The third kappa shape index (κ3) is 7.11.